The van der Waals surface area contributed by atoms with Gasteiger partial charge in [0.2, 0.25) is 0 Å². The Hall–Kier alpha value is -1.01. The van der Waals surface area contributed by atoms with Gasteiger partial charge in [0, 0.05) is 19.2 Å². The third kappa shape index (κ3) is 3.93. The number of nitrogens with zero attached hydrogens (tertiary/aromatic N) is 1. The first-order chi connectivity index (χ1) is 7.27. The van der Waals surface area contributed by atoms with E-state index in [1.807, 2.05) is 18.7 Å². The lowest BCUT2D eigenvalue weighted by Gasteiger charge is -2.15. The normalized spacial score (nSPS) is 15.7. The molecule has 0 heterocycles. The monoisotopic (exact) mass is 207 g/mol. The Kier molecular flexibility index (Phi) is 5.20. The summed E-state index contributed by atoms with van der Waals surface area (Å²) in [5.74, 6) is 0.0954. The van der Waals surface area contributed by atoms with Gasteiger partial charge in [-0.1, -0.05) is 6.42 Å². The van der Waals surface area contributed by atoms with Crippen molar-refractivity contribution in [3.63, 3.8) is 0 Å². The van der Waals surface area contributed by atoms with Crippen LogP contribution in [0.4, 0.5) is 0 Å². The number of carbonyl (C=O) groups excluding carboxylic acids is 1. The largest absolute Gasteiger partial charge is 0.339 e. The fourth-order valence-corrected chi connectivity index (χ4v) is 1.91. The van der Waals surface area contributed by atoms with Crippen LogP contribution in [0, 0.1) is 0 Å². The highest BCUT2D eigenvalue weighted by Crippen LogP contribution is 2.21. The third-order valence-electron chi connectivity index (χ3n) is 2.93. The summed E-state index contributed by atoms with van der Waals surface area (Å²) >= 11 is 0. The molecular formula is C13H21NO. The summed E-state index contributed by atoms with van der Waals surface area (Å²) < 4.78 is 0. The number of carbonyl (C=O) groups is 1. The second kappa shape index (κ2) is 6.47. The molecule has 0 radical (unpaired) electrons. The Morgan fingerprint density at radius 3 is 2.40 bits per heavy atom. The van der Waals surface area contributed by atoms with Crippen molar-refractivity contribution in [1.29, 1.82) is 0 Å². The third-order valence-corrected chi connectivity index (χ3v) is 2.93. The van der Waals surface area contributed by atoms with Gasteiger partial charge in [-0.15, -0.1) is 5.73 Å². The zero-order valence-electron chi connectivity index (χ0n) is 9.88. The van der Waals surface area contributed by atoms with Crippen LogP contribution in [0.15, 0.2) is 17.4 Å². The standard InChI is InChI=1S/C13H21NO/c1-3-14(4-2)13(15)11-10-12-8-6-5-7-9-12/h11H,3-9H2,1-2H3. The van der Waals surface area contributed by atoms with Gasteiger partial charge in [-0.3, -0.25) is 4.79 Å². The van der Waals surface area contributed by atoms with E-state index in [4.69, 9.17) is 0 Å². The Balaban J connectivity index is 2.58. The van der Waals surface area contributed by atoms with Crippen LogP contribution in [0.5, 0.6) is 0 Å². The highest BCUT2D eigenvalue weighted by atomic mass is 16.2. The molecule has 1 fully saturated rings. The number of likely N-dealkylation sites (N-methyl/N-ethyl adjacent to an activating group) is 1. The highest BCUT2D eigenvalue weighted by molar-refractivity contribution is 5.87. The number of hydrogen-bond acceptors (Lipinski definition) is 1. The van der Waals surface area contributed by atoms with Gasteiger partial charge >= 0.3 is 0 Å². The maximum atomic E-state index is 11.6. The number of rotatable bonds is 3. The molecule has 0 aromatic heterocycles. The van der Waals surface area contributed by atoms with Crippen LogP contribution in [-0.4, -0.2) is 23.9 Å². The molecule has 0 bridgehead atoms. The Morgan fingerprint density at radius 1 is 1.27 bits per heavy atom. The van der Waals surface area contributed by atoms with E-state index >= 15 is 0 Å². The van der Waals surface area contributed by atoms with Gasteiger partial charge in [-0.2, -0.15) is 0 Å². The fraction of sp³-hybridized carbons (Fsp3) is 0.692. The first kappa shape index (κ1) is 12.1. The van der Waals surface area contributed by atoms with Crippen molar-refractivity contribution in [2.75, 3.05) is 13.1 Å². The SMILES string of the molecule is CCN(CC)C(=O)C=C=C1CCCCC1. The van der Waals surface area contributed by atoms with Gasteiger partial charge in [0.05, 0.1) is 0 Å². The smallest absolute Gasteiger partial charge is 0.254 e. The highest BCUT2D eigenvalue weighted by Gasteiger charge is 2.06. The van der Waals surface area contributed by atoms with Gasteiger partial charge in [-0.05, 0) is 45.1 Å². The molecule has 1 aliphatic rings. The van der Waals surface area contributed by atoms with Crippen molar-refractivity contribution >= 4 is 5.91 Å². The quantitative estimate of drug-likeness (QED) is 0.514. The first-order valence-electron chi connectivity index (χ1n) is 6.01. The van der Waals surface area contributed by atoms with Crippen molar-refractivity contribution in [2.24, 2.45) is 0 Å². The topological polar surface area (TPSA) is 20.3 Å². The van der Waals surface area contributed by atoms with E-state index in [0.29, 0.717) is 0 Å². The fourth-order valence-electron chi connectivity index (χ4n) is 1.91. The number of hydrogen-bond donors (Lipinski definition) is 0. The minimum Gasteiger partial charge on any atom is -0.339 e. The molecule has 0 spiro atoms. The molecule has 1 saturated carbocycles. The summed E-state index contributed by atoms with van der Waals surface area (Å²) in [5.41, 5.74) is 4.49. The zero-order valence-corrected chi connectivity index (χ0v) is 9.88. The molecular weight excluding hydrogens is 186 g/mol. The molecule has 0 aromatic carbocycles. The summed E-state index contributed by atoms with van der Waals surface area (Å²) in [4.78, 5) is 13.5. The average molecular weight is 207 g/mol. The predicted molar refractivity (Wildman–Crippen MR) is 62.6 cm³/mol. The molecule has 1 rings (SSSR count). The molecule has 0 N–H and O–H groups in total. The molecule has 1 aliphatic carbocycles. The Morgan fingerprint density at radius 2 is 1.87 bits per heavy atom. The van der Waals surface area contributed by atoms with Gasteiger partial charge in [0.25, 0.3) is 5.91 Å². The van der Waals surface area contributed by atoms with Crippen LogP contribution in [0.3, 0.4) is 0 Å². The van der Waals surface area contributed by atoms with Gasteiger partial charge in [0.15, 0.2) is 0 Å². The Labute approximate surface area is 92.7 Å². The Bertz CT molecular complexity index is 262. The van der Waals surface area contributed by atoms with Crippen LogP contribution in [0.25, 0.3) is 0 Å². The van der Waals surface area contributed by atoms with E-state index < -0.39 is 0 Å². The summed E-state index contributed by atoms with van der Waals surface area (Å²) in [7, 11) is 0. The van der Waals surface area contributed by atoms with E-state index in [0.717, 1.165) is 25.9 Å². The molecule has 1 amide bonds. The minimum atomic E-state index is 0.0954. The van der Waals surface area contributed by atoms with E-state index in [2.05, 4.69) is 5.73 Å². The maximum Gasteiger partial charge on any atom is 0.254 e. The van der Waals surface area contributed by atoms with Crippen LogP contribution in [0.2, 0.25) is 0 Å². The van der Waals surface area contributed by atoms with Crippen LogP contribution < -0.4 is 0 Å². The van der Waals surface area contributed by atoms with E-state index in [1.54, 1.807) is 6.08 Å². The van der Waals surface area contributed by atoms with Crippen molar-refractivity contribution in [2.45, 2.75) is 46.0 Å². The van der Waals surface area contributed by atoms with Crippen LogP contribution >= 0.6 is 0 Å². The summed E-state index contributed by atoms with van der Waals surface area (Å²) in [6.07, 6.45) is 7.72. The maximum absolute atomic E-state index is 11.6. The molecule has 84 valence electrons. The molecule has 2 nitrogen and oxygen atoms in total. The van der Waals surface area contributed by atoms with Gasteiger partial charge in [0.1, 0.15) is 0 Å². The first-order valence-corrected chi connectivity index (χ1v) is 6.01. The van der Waals surface area contributed by atoms with Crippen molar-refractivity contribution in [3.8, 4) is 0 Å². The molecule has 0 aliphatic heterocycles. The van der Waals surface area contributed by atoms with Gasteiger partial charge in [-0.25, -0.2) is 0 Å². The summed E-state index contributed by atoms with van der Waals surface area (Å²) in [6.45, 7) is 5.57. The van der Waals surface area contributed by atoms with Crippen molar-refractivity contribution < 1.29 is 4.79 Å². The molecule has 0 unspecified atom stereocenters. The molecule has 0 aromatic rings. The molecule has 15 heavy (non-hydrogen) atoms. The zero-order chi connectivity index (χ0) is 11.1. The van der Waals surface area contributed by atoms with Crippen molar-refractivity contribution in [1.82, 2.24) is 4.90 Å². The van der Waals surface area contributed by atoms with E-state index in [-0.39, 0.29) is 5.91 Å². The summed E-state index contributed by atoms with van der Waals surface area (Å²) in [6, 6.07) is 0. The molecule has 2 heteroatoms. The second-order valence-electron chi connectivity index (χ2n) is 3.96. The summed E-state index contributed by atoms with van der Waals surface area (Å²) in [5, 5.41) is 0. The minimum absolute atomic E-state index is 0.0954. The van der Waals surface area contributed by atoms with E-state index in [9.17, 15) is 4.79 Å². The predicted octanol–water partition coefficient (Wildman–Crippen LogP) is 2.90. The second-order valence-corrected chi connectivity index (χ2v) is 3.96. The average Bonchev–Trinajstić information content (AvgIpc) is 2.29. The van der Waals surface area contributed by atoms with Gasteiger partial charge < -0.3 is 4.90 Å². The van der Waals surface area contributed by atoms with Crippen LogP contribution in [0.1, 0.15) is 46.0 Å². The lowest BCUT2D eigenvalue weighted by Crippen LogP contribution is -2.28. The lowest BCUT2D eigenvalue weighted by molar-refractivity contribution is -0.125. The molecule has 0 atom stereocenters. The number of amides is 1. The van der Waals surface area contributed by atoms with Crippen LogP contribution in [-0.2, 0) is 4.79 Å². The van der Waals surface area contributed by atoms with E-state index in [1.165, 1.54) is 24.8 Å². The van der Waals surface area contributed by atoms with Crippen molar-refractivity contribution in [3.05, 3.63) is 17.4 Å². The molecule has 0 saturated heterocycles. The lowest BCUT2D eigenvalue weighted by atomic mass is 9.96.